The van der Waals surface area contributed by atoms with Gasteiger partial charge in [-0.05, 0) is 26.2 Å². The van der Waals surface area contributed by atoms with E-state index in [2.05, 4.69) is 29.5 Å². The number of hydrogen-bond donors (Lipinski definition) is 2. The van der Waals surface area contributed by atoms with Crippen LogP contribution < -0.4 is 10.6 Å². The van der Waals surface area contributed by atoms with Gasteiger partial charge in [0.05, 0.1) is 5.75 Å². The van der Waals surface area contributed by atoms with E-state index in [1.165, 1.54) is 6.26 Å². The normalized spacial score (nSPS) is 14.7. The van der Waals surface area contributed by atoms with Crippen molar-refractivity contribution in [2.45, 2.75) is 40.2 Å². The lowest BCUT2D eigenvalue weighted by molar-refractivity contribution is 0.579. The third-order valence-electron chi connectivity index (χ3n) is 2.26. The molecule has 0 aromatic rings. The molecule has 0 radical (unpaired) electrons. The van der Waals surface area contributed by atoms with Crippen molar-refractivity contribution >= 4 is 15.8 Å². The van der Waals surface area contributed by atoms with Crippen molar-refractivity contribution in [3.05, 3.63) is 0 Å². The first kappa shape index (κ1) is 17.2. The zero-order valence-corrected chi connectivity index (χ0v) is 13.0. The minimum Gasteiger partial charge on any atom is -0.357 e. The standard InChI is InChI=1S/C12H27N3O2S/c1-6-13-12(14-9-10(2)3)15-11(4)7-8-18(5,16)17/h10-11H,6-9H2,1-5H3,(H2,13,14,15). The predicted molar refractivity (Wildman–Crippen MR) is 77.7 cm³/mol. The molecule has 0 saturated heterocycles. The van der Waals surface area contributed by atoms with Crippen LogP contribution in [0.15, 0.2) is 4.99 Å². The minimum absolute atomic E-state index is 0.0877. The molecule has 0 amide bonds. The molecule has 0 spiro atoms. The lowest BCUT2D eigenvalue weighted by Crippen LogP contribution is -2.43. The van der Waals surface area contributed by atoms with Crippen LogP contribution in [0, 0.1) is 5.92 Å². The van der Waals surface area contributed by atoms with Gasteiger partial charge in [0.1, 0.15) is 9.84 Å². The number of rotatable bonds is 7. The molecule has 0 rings (SSSR count). The van der Waals surface area contributed by atoms with E-state index in [1.54, 1.807) is 0 Å². The highest BCUT2D eigenvalue weighted by atomic mass is 32.2. The van der Waals surface area contributed by atoms with E-state index >= 15 is 0 Å². The number of guanidine groups is 1. The van der Waals surface area contributed by atoms with Crippen LogP contribution in [-0.2, 0) is 9.84 Å². The van der Waals surface area contributed by atoms with Gasteiger partial charge in [-0.1, -0.05) is 13.8 Å². The third-order valence-corrected chi connectivity index (χ3v) is 3.24. The maximum Gasteiger partial charge on any atom is 0.191 e. The molecule has 0 heterocycles. The average Bonchev–Trinajstić information content (AvgIpc) is 2.22. The second-order valence-electron chi connectivity index (χ2n) is 5.08. The zero-order chi connectivity index (χ0) is 14.2. The molecule has 1 atom stereocenters. The first-order chi connectivity index (χ1) is 8.24. The Hall–Kier alpha value is -0.780. The van der Waals surface area contributed by atoms with E-state index < -0.39 is 9.84 Å². The van der Waals surface area contributed by atoms with Gasteiger partial charge < -0.3 is 10.6 Å². The highest BCUT2D eigenvalue weighted by Gasteiger charge is 2.09. The van der Waals surface area contributed by atoms with Crippen LogP contribution in [0.4, 0.5) is 0 Å². The van der Waals surface area contributed by atoms with E-state index in [-0.39, 0.29) is 11.8 Å². The number of nitrogens with zero attached hydrogens (tertiary/aromatic N) is 1. The van der Waals surface area contributed by atoms with Crippen molar-refractivity contribution in [2.24, 2.45) is 10.9 Å². The second kappa shape index (κ2) is 8.34. The fraction of sp³-hybridized carbons (Fsp3) is 0.917. The minimum atomic E-state index is -2.89. The molecule has 108 valence electrons. The van der Waals surface area contributed by atoms with Gasteiger partial charge in [0.15, 0.2) is 5.96 Å². The molecule has 0 aliphatic rings. The molecule has 0 aromatic heterocycles. The van der Waals surface area contributed by atoms with Crippen molar-refractivity contribution in [3.63, 3.8) is 0 Å². The quantitative estimate of drug-likeness (QED) is 0.538. The average molecular weight is 277 g/mol. The van der Waals surface area contributed by atoms with Crippen molar-refractivity contribution in [1.82, 2.24) is 10.6 Å². The fourth-order valence-corrected chi connectivity index (χ4v) is 2.07. The van der Waals surface area contributed by atoms with E-state index in [4.69, 9.17) is 0 Å². The Morgan fingerprint density at radius 2 is 1.89 bits per heavy atom. The van der Waals surface area contributed by atoms with Gasteiger partial charge in [0.25, 0.3) is 0 Å². The molecule has 6 heteroatoms. The summed E-state index contributed by atoms with van der Waals surface area (Å²) in [4.78, 5) is 4.44. The van der Waals surface area contributed by atoms with E-state index in [1.807, 2.05) is 13.8 Å². The SMILES string of the molecule is CCNC(=NCC(C)C)NC(C)CCS(C)(=O)=O. The summed E-state index contributed by atoms with van der Waals surface area (Å²) in [6.07, 6.45) is 1.85. The van der Waals surface area contributed by atoms with E-state index in [9.17, 15) is 8.42 Å². The summed E-state index contributed by atoms with van der Waals surface area (Å²) in [5, 5.41) is 6.38. The van der Waals surface area contributed by atoms with Gasteiger partial charge in [-0.15, -0.1) is 0 Å². The van der Waals surface area contributed by atoms with Crippen LogP contribution in [0.25, 0.3) is 0 Å². The predicted octanol–water partition coefficient (Wildman–Crippen LogP) is 1.02. The smallest absolute Gasteiger partial charge is 0.191 e. The summed E-state index contributed by atoms with van der Waals surface area (Å²) in [6.45, 7) is 9.75. The van der Waals surface area contributed by atoms with Crippen molar-refractivity contribution in [2.75, 3.05) is 25.1 Å². The van der Waals surface area contributed by atoms with Crippen LogP contribution in [0.2, 0.25) is 0 Å². The first-order valence-electron chi connectivity index (χ1n) is 6.47. The van der Waals surface area contributed by atoms with Gasteiger partial charge in [-0.3, -0.25) is 4.99 Å². The van der Waals surface area contributed by atoms with Crippen LogP contribution in [0.5, 0.6) is 0 Å². The van der Waals surface area contributed by atoms with Gasteiger partial charge in [0.2, 0.25) is 0 Å². The highest BCUT2D eigenvalue weighted by Crippen LogP contribution is 1.96. The van der Waals surface area contributed by atoms with Crippen LogP contribution in [0.3, 0.4) is 0 Å². The van der Waals surface area contributed by atoms with Crippen molar-refractivity contribution in [3.8, 4) is 0 Å². The maximum atomic E-state index is 11.1. The van der Waals surface area contributed by atoms with Gasteiger partial charge in [-0.25, -0.2) is 8.42 Å². The molecule has 0 fully saturated rings. The van der Waals surface area contributed by atoms with Gasteiger partial charge >= 0.3 is 0 Å². The molecular weight excluding hydrogens is 250 g/mol. The Balaban J connectivity index is 4.27. The molecule has 2 N–H and O–H groups in total. The monoisotopic (exact) mass is 277 g/mol. The summed E-state index contributed by atoms with van der Waals surface area (Å²) in [6, 6.07) is 0.0877. The number of sulfone groups is 1. The Morgan fingerprint density at radius 3 is 2.33 bits per heavy atom. The molecule has 0 aliphatic carbocycles. The summed E-state index contributed by atoms with van der Waals surface area (Å²) >= 11 is 0. The molecule has 0 aliphatic heterocycles. The van der Waals surface area contributed by atoms with E-state index in [0.717, 1.165) is 19.0 Å². The Labute approximate surface area is 111 Å². The van der Waals surface area contributed by atoms with Crippen molar-refractivity contribution < 1.29 is 8.42 Å². The topological polar surface area (TPSA) is 70.6 Å². The van der Waals surface area contributed by atoms with Gasteiger partial charge in [0, 0.05) is 25.4 Å². The fourth-order valence-electron chi connectivity index (χ4n) is 1.29. The number of nitrogens with one attached hydrogen (secondary N) is 2. The Morgan fingerprint density at radius 1 is 1.28 bits per heavy atom. The van der Waals surface area contributed by atoms with Crippen molar-refractivity contribution in [1.29, 1.82) is 0 Å². The first-order valence-corrected chi connectivity index (χ1v) is 8.53. The highest BCUT2D eigenvalue weighted by molar-refractivity contribution is 7.90. The number of aliphatic imine (C=N–C) groups is 1. The summed E-state index contributed by atoms with van der Waals surface area (Å²) in [5.74, 6) is 1.46. The van der Waals surface area contributed by atoms with E-state index in [0.29, 0.717) is 12.3 Å². The molecule has 0 aromatic carbocycles. The lowest BCUT2D eigenvalue weighted by atomic mass is 10.2. The van der Waals surface area contributed by atoms with Crippen LogP contribution >= 0.6 is 0 Å². The zero-order valence-electron chi connectivity index (χ0n) is 12.2. The molecule has 0 bridgehead atoms. The third kappa shape index (κ3) is 10.4. The molecule has 18 heavy (non-hydrogen) atoms. The number of hydrogen-bond acceptors (Lipinski definition) is 3. The summed E-state index contributed by atoms with van der Waals surface area (Å²) in [5.41, 5.74) is 0. The van der Waals surface area contributed by atoms with Crippen LogP contribution in [-0.4, -0.2) is 45.5 Å². The maximum absolute atomic E-state index is 11.1. The summed E-state index contributed by atoms with van der Waals surface area (Å²) in [7, 11) is -2.89. The molecule has 1 unspecified atom stereocenters. The second-order valence-corrected chi connectivity index (χ2v) is 7.34. The molecule has 0 saturated carbocycles. The van der Waals surface area contributed by atoms with Crippen LogP contribution in [0.1, 0.15) is 34.1 Å². The molecule has 5 nitrogen and oxygen atoms in total. The Bertz CT molecular complexity index is 350. The lowest BCUT2D eigenvalue weighted by Gasteiger charge is -2.17. The summed E-state index contributed by atoms with van der Waals surface area (Å²) < 4.78 is 22.2. The Kier molecular flexibility index (Phi) is 7.98. The van der Waals surface area contributed by atoms with Gasteiger partial charge in [-0.2, -0.15) is 0 Å². The largest absolute Gasteiger partial charge is 0.357 e. The molecular formula is C12H27N3O2S.